The monoisotopic (exact) mass is 287 g/mol. The molecular weight excluding hydrogens is 270 g/mol. The summed E-state index contributed by atoms with van der Waals surface area (Å²) in [6, 6.07) is -1.18. The fourth-order valence-corrected chi connectivity index (χ4v) is 1.81. The molecule has 3 amide bonds. The van der Waals surface area contributed by atoms with E-state index >= 15 is 0 Å². The summed E-state index contributed by atoms with van der Waals surface area (Å²) in [5.74, 6) is -1.46. The molecule has 1 unspecified atom stereocenters. The molecule has 3 N–H and O–H groups in total. The Morgan fingerprint density at radius 1 is 1.35 bits per heavy atom. The molecule has 20 heavy (non-hydrogen) atoms. The fourth-order valence-electron chi connectivity index (χ4n) is 1.81. The van der Waals surface area contributed by atoms with Gasteiger partial charge in [0.15, 0.2) is 6.61 Å². The first-order valence-corrected chi connectivity index (χ1v) is 6.36. The van der Waals surface area contributed by atoms with Gasteiger partial charge in [0, 0.05) is 12.6 Å². The highest BCUT2D eigenvalue weighted by Crippen LogP contribution is 2.19. The Morgan fingerprint density at radius 3 is 2.75 bits per heavy atom. The predicted octanol–water partition coefficient (Wildman–Crippen LogP) is -1.31. The van der Waals surface area contributed by atoms with Crippen LogP contribution < -0.4 is 10.8 Å². The first-order chi connectivity index (χ1) is 9.58. The molecule has 2 aliphatic rings. The molecule has 1 atom stereocenters. The molecule has 0 spiro atoms. The number of amides is 3. The summed E-state index contributed by atoms with van der Waals surface area (Å²) in [6.07, 6.45) is 1.90. The molecule has 1 aliphatic carbocycles. The largest absolute Gasteiger partial charge is 0.479 e. The molecular formula is C11H17N3O6. The number of ether oxygens (including phenoxy) is 1. The molecule has 1 saturated carbocycles. The van der Waals surface area contributed by atoms with Gasteiger partial charge < -0.3 is 20.1 Å². The van der Waals surface area contributed by atoms with E-state index < -0.39 is 24.6 Å². The molecule has 0 aromatic carbocycles. The van der Waals surface area contributed by atoms with Crippen molar-refractivity contribution in [2.45, 2.75) is 24.9 Å². The number of carbonyl (C=O) groups is 3. The van der Waals surface area contributed by atoms with Crippen LogP contribution in [0.1, 0.15) is 12.8 Å². The molecule has 9 heteroatoms. The van der Waals surface area contributed by atoms with Crippen molar-refractivity contribution in [3.8, 4) is 0 Å². The highest BCUT2D eigenvalue weighted by molar-refractivity contribution is 5.87. The number of nitrogens with zero attached hydrogens (tertiary/aromatic N) is 1. The van der Waals surface area contributed by atoms with Gasteiger partial charge in [-0.15, -0.1) is 0 Å². The maximum atomic E-state index is 12.0. The average molecular weight is 287 g/mol. The van der Waals surface area contributed by atoms with Gasteiger partial charge in [0.25, 0.3) is 0 Å². The van der Waals surface area contributed by atoms with E-state index in [4.69, 9.17) is 9.84 Å². The van der Waals surface area contributed by atoms with Crippen molar-refractivity contribution in [1.29, 1.82) is 0 Å². The normalized spacial score (nSPS) is 22.2. The van der Waals surface area contributed by atoms with Crippen LogP contribution in [0.15, 0.2) is 0 Å². The maximum Gasteiger partial charge on any atom is 0.342 e. The minimum Gasteiger partial charge on any atom is -0.479 e. The summed E-state index contributed by atoms with van der Waals surface area (Å²) in [4.78, 5) is 39.9. The number of aliphatic carboxylic acids is 1. The zero-order valence-electron chi connectivity index (χ0n) is 10.8. The van der Waals surface area contributed by atoms with E-state index in [1.807, 2.05) is 5.48 Å². The Hall–Kier alpha value is -1.87. The van der Waals surface area contributed by atoms with Crippen molar-refractivity contribution >= 4 is 17.9 Å². The Bertz CT molecular complexity index is 398. The lowest BCUT2D eigenvalue weighted by Gasteiger charge is -2.34. The third kappa shape index (κ3) is 4.07. The van der Waals surface area contributed by atoms with Gasteiger partial charge in [0.05, 0.1) is 13.2 Å². The molecule has 2 fully saturated rings. The minimum atomic E-state index is -1.20. The zero-order chi connectivity index (χ0) is 14.5. The Kier molecular flexibility index (Phi) is 4.74. The van der Waals surface area contributed by atoms with Crippen LogP contribution >= 0.6 is 0 Å². The van der Waals surface area contributed by atoms with Gasteiger partial charge in [0.1, 0.15) is 6.04 Å². The third-order valence-corrected chi connectivity index (χ3v) is 2.97. The van der Waals surface area contributed by atoms with E-state index in [0.717, 1.165) is 12.8 Å². The van der Waals surface area contributed by atoms with Gasteiger partial charge in [-0.3, -0.25) is 9.63 Å². The van der Waals surface area contributed by atoms with E-state index in [1.54, 1.807) is 0 Å². The highest BCUT2D eigenvalue weighted by Gasteiger charge is 2.35. The number of carboxylic acid groups (broad SMARTS) is 1. The van der Waals surface area contributed by atoms with Crippen molar-refractivity contribution < 1.29 is 29.1 Å². The van der Waals surface area contributed by atoms with Gasteiger partial charge in [-0.1, -0.05) is 0 Å². The van der Waals surface area contributed by atoms with Crippen LogP contribution in [-0.2, 0) is 19.2 Å². The Balaban J connectivity index is 1.86. The fraction of sp³-hybridized carbons (Fsp3) is 0.727. The standard InChI is InChI=1S/C11H17N3O6/c15-9(16)6-20-13-11(18)14-3-4-19-5-8(14)10(17)12-7-1-2-7/h7-8H,1-6H2,(H,12,17)(H,13,18)(H,15,16). The number of carbonyl (C=O) groups excluding carboxylic acids is 2. The Labute approximate surface area is 115 Å². The first kappa shape index (κ1) is 14.5. The Morgan fingerprint density at radius 2 is 2.10 bits per heavy atom. The second-order valence-corrected chi connectivity index (χ2v) is 4.66. The quantitative estimate of drug-likeness (QED) is 0.541. The lowest BCUT2D eigenvalue weighted by atomic mass is 10.2. The molecule has 0 aromatic rings. The molecule has 1 saturated heterocycles. The minimum absolute atomic E-state index is 0.116. The van der Waals surface area contributed by atoms with Crippen molar-refractivity contribution in [2.24, 2.45) is 0 Å². The summed E-state index contributed by atoms with van der Waals surface area (Å²) >= 11 is 0. The summed E-state index contributed by atoms with van der Waals surface area (Å²) in [6.45, 7) is 0.0322. The molecule has 0 aromatic heterocycles. The van der Waals surface area contributed by atoms with Crippen LogP contribution in [0.25, 0.3) is 0 Å². The summed E-state index contributed by atoms with van der Waals surface area (Å²) < 4.78 is 5.21. The second kappa shape index (κ2) is 6.53. The van der Waals surface area contributed by atoms with Gasteiger partial charge >= 0.3 is 12.0 Å². The van der Waals surface area contributed by atoms with Gasteiger partial charge in [0.2, 0.25) is 5.91 Å². The molecule has 2 rings (SSSR count). The van der Waals surface area contributed by atoms with Crippen molar-refractivity contribution in [3.05, 3.63) is 0 Å². The highest BCUT2D eigenvalue weighted by atomic mass is 16.7. The number of morpholine rings is 1. The van der Waals surface area contributed by atoms with Gasteiger partial charge in [-0.05, 0) is 12.8 Å². The second-order valence-electron chi connectivity index (χ2n) is 4.66. The van der Waals surface area contributed by atoms with Crippen LogP contribution in [0.5, 0.6) is 0 Å². The van der Waals surface area contributed by atoms with Gasteiger partial charge in [-0.2, -0.15) is 0 Å². The van der Waals surface area contributed by atoms with Crippen molar-refractivity contribution in [3.63, 3.8) is 0 Å². The van der Waals surface area contributed by atoms with E-state index in [2.05, 4.69) is 10.2 Å². The van der Waals surface area contributed by atoms with Crippen LogP contribution in [0, 0.1) is 0 Å². The number of carboxylic acids is 1. The summed E-state index contributed by atoms with van der Waals surface area (Å²) in [5.41, 5.74) is 2.01. The maximum absolute atomic E-state index is 12.0. The van der Waals surface area contributed by atoms with Crippen molar-refractivity contribution in [2.75, 3.05) is 26.4 Å². The number of urea groups is 1. The lowest BCUT2D eigenvalue weighted by molar-refractivity contribution is -0.144. The average Bonchev–Trinajstić information content (AvgIpc) is 3.22. The van der Waals surface area contributed by atoms with E-state index in [9.17, 15) is 14.4 Å². The molecule has 112 valence electrons. The first-order valence-electron chi connectivity index (χ1n) is 6.36. The predicted molar refractivity (Wildman–Crippen MR) is 64.6 cm³/mol. The van der Waals surface area contributed by atoms with E-state index in [0.29, 0.717) is 6.61 Å². The zero-order valence-corrected chi connectivity index (χ0v) is 10.8. The number of rotatable bonds is 5. The number of hydrogen-bond acceptors (Lipinski definition) is 5. The number of hydroxylamine groups is 1. The topological polar surface area (TPSA) is 117 Å². The third-order valence-electron chi connectivity index (χ3n) is 2.97. The van der Waals surface area contributed by atoms with E-state index in [1.165, 1.54) is 4.90 Å². The molecule has 1 aliphatic heterocycles. The number of hydrogen-bond donors (Lipinski definition) is 3. The van der Waals surface area contributed by atoms with Crippen LogP contribution in [0.3, 0.4) is 0 Å². The smallest absolute Gasteiger partial charge is 0.342 e. The van der Waals surface area contributed by atoms with Gasteiger partial charge in [-0.25, -0.2) is 15.1 Å². The molecule has 1 heterocycles. The number of nitrogens with one attached hydrogen (secondary N) is 2. The van der Waals surface area contributed by atoms with Crippen LogP contribution in [0.4, 0.5) is 4.79 Å². The van der Waals surface area contributed by atoms with Crippen LogP contribution in [-0.4, -0.2) is 66.4 Å². The van der Waals surface area contributed by atoms with E-state index in [-0.39, 0.29) is 25.1 Å². The van der Waals surface area contributed by atoms with Crippen LogP contribution in [0.2, 0.25) is 0 Å². The molecule has 0 radical (unpaired) electrons. The van der Waals surface area contributed by atoms with Crippen molar-refractivity contribution in [1.82, 2.24) is 15.7 Å². The SMILES string of the molecule is O=C(O)CONC(=O)N1CCOCC1C(=O)NC1CC1. The summed E-state index contributed by atoms with van der Waals surface area (Å²) in [7, 11) is 0. The lowest BCUT2D eigenvalue weighted by Crippen LogP contribution is -2.58. The summed E-state index contributed by atoms with van der Waals surface area (Å²) in [5, 5.41) is 11.2. The molecule has 0 bridgehead atoms. The molecule has 9 nitrogen and oxygen atoms in total.